The summed E-state index contributed by atoms with van der Waals surface area (Å²) in [6.45, 7) is 5.34. The van der Waals surface area contributed by atoms with E-state index in [0.717, 1.165) is 84.2 Å². The fourth-order valence-electron chi connectivity index (χ4n) is 4.51. The maximum Gasteiger partial charge on any atom is 0.246 e. The number of hydroxylamine groups is 2. The quantitative estimate of drug-likeness (QED) is 0.143. The van der Waals surface area contributed by atoms with Gasteiger partial charge in [0.25, 0.3) is 0 Å². The number of anilines is 1. The second-order valence-electron chi connectivity index (χ2n) is 9.22. The molecule has 10 heteroatoms. The molecule has 0 radical (unpaired) electrons. The Bertz CT molecular complexity index is 784. The van der Waals surface area contributed by atoms with Crippen LogP contribution in [0.15, 0.2) is 23.3 Å². The average Bonchev–Trinajstić information content (AvgIpc) is 2.87. The molecule has 1 aromatic heterocycles. The predicted molar refractivity (Wildman–Crippen MR) is 134 cm³/mol. The Morgan fingerprint density at radius 3 is 2.77 bits per heavy atom. The third-order valence-electron chi connectivity index (χ3n) is 6.47. The molecule has 35 heavy (non-hydrogen) atoms. The SMILES string of the molecule is NC(=NCCCCCCC(=O)N(OCCN1CCOCC1)C1CCCCC1)Nc1ccnc(F)c1. The van der Waals surface area contributed by atoms with Gasteiger partial charge in [-0.1, -0.05) is 32.1 Å². The number of halogens is 1. The molecule has 1 aliphatic heterocycles. The lowest BCUT2D eigenvalue weighted by atomic mass is 9.95. The zero-order valence-corrected chi connectivity index (χ0v) is 20.8. The fourth-order valence-corrected chi connectivity index (χ4v) is 4.51. The van der Waals surface area contributed by atoms with E-state index < -0.39 is 5.95 Å². The van der Waals surface area contributed by atoms with Crippen LogP contribution in [0.1, 0.15) is 64.2 Å². The molecule has 0 unspecified atom stereocenters. The van der Waals surface area contributed by atoms with E-state index in [9.17, 15) is 9.18 Å². The van der Waals surface area contributed by atoms with E-state index in [4.69, 9.17) is 15.3 Å². The van der Waals surface area contributed by atoms with Gasteiger partial charge in [0.2, 0.25) is 11.9 Å². The molecule has 2 aliphatic rings. The van der Waals surface area contributed by atoms with Crippen molar-refractivity contribution in [2.45, 2.75) is 70.3 Å². The van der Waals surface area contributed by atoms with Crippen molar-refractivity contribution in [1.29, 1.82) is 0 Å². The molecule has 0 aromatic carbocycles. The van der Waals surface area contributed by atoms with Gasteiger partial charge >= 0.3 is 0 Å². The number of hydrogen-bond acceptors (Lipinski definition) is 6. The van der Waals surface area contributed by atoms with Gasteiger partial charge in [-0.3, -0.25) is 19.5 Å². The number of carbonyl (C=O) groups excluding carboxylic acids is 1. The lowest BCUT2D eigenvalue weighted by molar-refractivity contribution is -0.205. The number of nitrogens with two attached hydrogens (primary N) is 1. The summed E-state index contributed by atoms with van der Waals surface area (Å²) in [5, 5.41) is 4.56. The van der Waals surface area contributed by atoms with Crippen LogP contribution in [-0.4, -0.2) is 78.9 Å². The number of carbonyl (C=O) groups is 1. The largest absolute Gasteiger partial charge is 0.379 e. The highest BCUT2D eigenvalue weighted by Gasteiger charge is 2.26. The first-order chi connectivity index (χ1) is 17.1. The molecule has 9 nitrogen and oxygen atoms in total. The monoisotopic (exact) mass is 492 g/mol. The summed E-state index contributed by atoms with van der Waals surface area (Å²) >= 11 is 0. The molecule has 196 valence electrons. The van der Waals surface area contributed by atoms with Gasteiger partial charge in [-0.2, -0.15) is 4.39 Å². The number of nitrogens with zero attached hydrogens (tertiary/aromatic N) is 4. The van der Waals surface area contributed by atoms with Crippen molar-refractivity contribution in [2.75, 3.05) is 51.3 Å². The number of morpholine rings is 1. The van der Waals surface area contributed by atoms with Gasteiger partial charge in [0.1, 0.15) is 0 Å². The number of amides is 1. The van der Waals surface area contributed by atoms with E-state index in [-0.39, 0.29) is 17.9 Å². The highest BCUT2D eigenvalue weighted by molar-refractivity contribution is 5.92. The molecule has 3 rings (SSSR count). The minimum Gasteiger partial charge on any atom is -0.379 e. The molecule has 0 atom stereocenters. The first-order valence-electron chi connectivity index (χ1n) is 13.1. The zero-order chi connectivity index (χ0) is 24.7. The van der Waals surface area contributed by atoms with Crippen molar-refractivity contribution in [3.63, 3.8) is 0 Å². The van der Waals surface area contributed by atoms with Crippen molar-refractivity contribution in [2.24, 2.45) is 10.7 Å². The third-order valence-corrected chi connectivity index (χ3v) is 6.47. The topological polar surface area (TPSA) is 105 Å². The molecule has 2 heterocycles. The average molecular weight is 493 g/mol. The zero-order valence-electron chi connectivity index (χ0n) is 20.8. The molecule has 1 saturated heterocycles. The second-order valence-corrected chi connectivity index (χ2v) is 9.22. The lowest BCUT2D eigenvalue weighted by Crippen LogP contribution is -2.44. The molecule has 2 fully saturated rings. The molecule has 1 amide bonds. The number of hydrogen-bond donors (Lipinski definition) is 2. The van der Waals surface area contributed by atoms with E-state index in [2.05, 4.69) is 20.2 Å². The summed E-state index contributed by atoms with van der Waals surface area (Å²) in [5.74, 6) is -0.208. The minimum absolute atomic E-state index is 0.106. The summed E-state index contributed by atoms with van der Waals surface area (Å²) in [6.07, 6.45) is 11.1. The van der Waals surface area contributed by atoms with Gasteiger partial charge in [-0.25, -0.2) is 10.0 Å². The molecular formula is C25H41FN6O3. The van der Waals surface area contributed by atoms with Gasteiger partial charge in [-0.05, 0) is 31.7 Å². The highest BCUT2D eigenvalue weighted by atomic mass is 19.1. The number of nitrogens with one attached hydrogen (secondary N) is 1. The van der Waals surface area contributed by atoms with Gasteiger partial charge in [0.05, 0.1) is 25.9 Å². The Hall–Kier alpha value is -2.30. The second kappa shape index (κ2) is 15.6. The Kier molecular flexibility index (Phi) is 12.2. The first kappa shape index (κ1) is 27.3. The number of unbranched alkanes of at least 4 members (excludes halogenated alkanes) is 3. The van der Waals surface area contributed by atoms with E-state index >= 15 is 0 Å². The number of aliphatic imine (C=N–C) groups is 1. The van der Waals surface area contributed by atoms with Crippen molar-refractivity contribution in [3.8, 4) is 0 Å². The predicted octanol–water partition coefficient (Wildman–Crippen LogP) is 3.32. The molecule has 0 spiro atoms. The van der Waals surface area contributed by atoms with Crippen molar-refractivity contribution in [3.05, 3.63) is 24.3 Å². The van der Waals surface area contributed by atoms with E-state index in [1.165, 1.54) is 18.7 Å². The van der Waals surface area contributed by atoms with Gasteiger partial charge in [0.15, 0.2) is 5.96 Å². The Morgan fingerprint density at radius 1 is 1.23 bits per heavy atom. The number of rotatable bonds is 13. The van der Waals surface area contributed by atoms with Crippen molar-refractivity contribution >= 4 is 17.6 Å². The Labute approximate surface area is 208 Å². The van der Waals surface area contributed by atoms with Crippen LogP contribution in [0.3, 0.4) is 0 Å². The number of guanidine groups is 1. The highest BCUT2D eigenvalue weighted by Crippen LogP contribution is 2.24. The normalized spacial score (nSPS) is 17.9. The molecule has 0 bridgehead atoms. The maximum absolute atomic E-state index is 13.1. The lowest BCUT2D eigenvalue weighted by Gasteiger charge is -2.34. The van der Waals surface area contributed by atoms with Gasteiger partial charge in [-0.15, -0.1) is 0 Å². The first-order valence-corrected chi connectivity index (χ1v) is 13.1. The summed E-state index contributed by atoms with van der Waals surface area (Å²) in [7, 11) is 0. The summed E-state index contributed by atoms with van der Waals surface area (Å²) < 4.78 is 18.5. The van der Waals surface area contributed by atoms with Crippen molar-refractivity contribution in [1.82, 2.24) is 14.9 Å². The van der Waals surface area contributed by atoms with Crippen LogP contribution in [-0.2, 0) is 14.4 Å². The van der Waals surface area contributed by atoms with E-state index in [1.807, 2.05) is 0 Å². The Morgan fingerprint density at radius 2 is 2.00 bits per heavy atom. The van der Waals surface area contributed by atoms with Gasteiger partial charge in [0, 0.05) is 50.6 Å². The molecular weight excluding hydrogens is 451 g/mol. The van der Waals surface area contributed by atoms with Crippen LogP contribution in [0.2, 0.25) is 0 Å². The molecule has 1 aromatic rings. The van der Waals surface area contributed by atoms with Crippen LogP contribution in [0.5, 0.6) is 0 Å². The van der Waals surface area contributed by atoms with E-state index in [0.29, 0.717) is 25.3 Å². The fraction of sp³-hybridized carbons (Fsp3) is 0.720. The Balaban J connectivity index is 1.32. The maximum atomic E-state index is 13.1. The van der Waals surface area contributed by atoms with Crippen LogP contribution in [0, 0.1) is 5.95 Å². The summed E-state index contributed by atoms with van der Waals surface area (Å²) in [5.41, 5.74) is 6.37. The van der Waals surface area contributed by atoms with Crippen LogP contribution < -0.4 is 11.1 Å². The smallest absolute Gasteiger partial charge is 0.246 e. The van der Waals surface area contributed by atoms with Crippen LogP contribution in [0.25, 0.3) is 0 Å². The van der Waals surface area contributed by atoms with Gasteiger partial charge < -0.3 is 15.8 Å². The molecule has 1 saturated carbocycles. The van der Waals surface area contributed by atoms with E-state index in [1.54, 1.807) is 11.1 Å². The third kappa shape index (κ3) is 10.5. The number of aromatic nitrogens is 1. The minimum atomic E-state index is -0.568. The molecule has 3 N–H and O–H groups in total. The van der Waals surface area contributed by atoms with Crippen LogP contribution in [0.4, 0.5) is 10.1 Å². The van der Waals surface area contributed by atoms with Crippen LogP contribution >= 0.6 is 0 Å². The summed E-state index contributed by atoms with van der Waals surface area (Å²) in [4.78, 5) is 29.2. The standard InChI is InChI=1S/C25H41FN6O3/c26-23-20-21(11-13-28-23)30-25(27)29-12-7-2-1-6-10-24(33)32(22-8-4-3-5-9-22)35-19-16-31-14-17-34-18-15-31/h11,13,20,22H,1-10,12,14-19H2,(H3,27,28,29,30). The van der Waals surface area contributed by atoms with Crippen molar-refractivity contribution < 1.29 is 18.8 Å². The number of pyridine rings is 1. The molecule has 1 aliphatic carbocycles. The summed E-state index contributed by atoms with van der Waals surface area (Å²) in [6, 6.07) is 3.10. The number of ether oxygens (including phenoxy) is 1.